The molecule has 0 amide bonds. The molecule has 8 heteroatoms. The number of halogens is 1. The molecule has 4 rings (SSSR count). The van der Waals surface area contributed by atoms with Gasteiger partial charge in [-0.25, -0.2) is 4.98 Å². The van der Waals surface area contributed by atoms with Crippen LogP contribution < -0.4 is 11.1 Å². The van der Waals surface area contributed by atoms with Crippen molar-refractivity contribution in [1.29, 1.82) is 0 Å². The molecule has 3 aromatic heterocycles. The van der Waals surface area contributed by atoms with Gasteiger partial charge in [-0.3, -0.25) is 4.98 Å². The van der Waals surface area contributed by atoms with Crippen LogP contribution in [0.15, 0.2) is 16.5 Å². The number of nitrogen functional groups attached to an aromatic ring is 1. The largest absolute Gasteiger partial charge is 0.454 e. The highest BCUT2D eigenvalue weighted by Crippen LogP contribution is 2.39. The minimum absolute atomic E-state index is 0.104. The van der Waals surface area contributed by atoms with Crippen LogP contribution in [0.3, 0.4) is 0 Å². The van der Waals surface area contributed by atoms with Gasteiger partial charge in [0.15, 0.2) is 5.58 Å². The Labute approximate surface area is 162 Å². The lowest BCUT2D eigenvalue weighted by atomic mass is 10.1. The van der Waals surface area contributed by atoms with Gasteiger partial charge in [0.05, 0.1) is 11.3 Å². The summed E-state index contributed by atoms with van der Waals surface area (Å²) in [6, 6.07) is 4.09. The first kappa shape index (κ1) is 18.0. The van der Waals surface area contributed by atoms with Crippen molar-refractivity contribution in [2.24, 2.45) is 5.92 Å². The van der Waals surface area contributed by atoms with Gasteiger partial charge in [0.1, 0.15) is 16.7 Å². The lowest BCUT2D eigenvalue weighted by Crippen LogP contribution is -2.18. The van der Waals surface area contributed by atoms with E-state index in [1.807, 2.05) is 26.0 Å². The Morgan fingerprint density at radius 1 is 1.26 bits per heavy atom. The van der Waals surface area contributed by atoms with Gasteiger partial charge in [-0.2, -0.15) is 4.98 Å². The maximum atomic E-state index is 9.38. The topological polar surface area (TPSA) is 110 Å². The van der Waals surface area contributed by atoms with Crippen molar-refractivity contribution >= 4 is 34.3 Å². The summed E-state index contributed by atoms with van der Waals surface area (Å²) in [5.74, 6) is 1.54. The maximum Gasteiger partial charge on any atom is 0.223 e. The van der Waals surface area contributed by atoms with Crippen LogP contribution in [0.5, 0.6) is 0 Å². The lowest BCUT2D eigenvalue weighted by molar-refractivity contribution is 0.229. The number of aryl methyl sites for hydroxylation is 2. The lowest BCUT2D eigenvalue weighted by Gasteiger charge is -2.16. The van der Waals surface area contributed by atoms with Gasteiger partial charge in [-0.05, 0) is 51.2 Å². The molecule has 0 aromatic carbocycles. The zero-order chi connectivity index (χ0) is 19.1. The molecule has 142 valence electrons. The molecule has 0 spiro atoms. The van der Waals surface area contributed by atoms with Gasteiger partial charge >= 0.3 is 0 Å². The molecule has 1 saturated carbocycles. The fourth-order valence-electron chi connectivity index (χ4n) is 3.83. The number of rotatable bonds is 4. The molecule has 1 aliphatic rings. The predicted octanol–water partition coefficient (Wildman–Crippen LogP) is 3.71. The third-order valence-corrected chi connectivity index (χ3v) is 5.34. The first-order valence-corrected chi connectivity index (χ1v) is 9.41. The van der Waals surface area contributed by atoms with E-state index in [0.29, 0.717) is 23.1 Å². The van der Waals surface area contributed by atoms with Crippen LogP contribution in [0.2, 0.25) is 5.15 Å². The van der Waals surface area contributed by atoms with Crippen LogP contribution in [0, 0.1) is 19.8 Å². The van der Waals surface area contributed by atoms with Crippen LogP contribution in [-0.2, 0) is 0 Å². The van der Waals surface area contributed by atoms with Crippen molar-refractivity contribution in [3.63, 3.8) is 0 Å². The second kappa shape index (κ2) is 6.98. The van der Waals surface area contributed by atoms with E-state index in [-0.39, 0.29) is 23.8 Å². The summed E-state index contributed by atoms with van der Waals surface area (Å²) in [4.78, 5) is 12.9. The fraction of sp³-hybridized carbons (Fsp3) is 0.421. The van der Waals surface area contributed by atoms with Crippen molar-refractivity contribution < 1.29 is 9.52 Å². The zero-order valence-electron chi connectivity index (χ0n) is 15.3. The number of anilines is 2. The average molecular weight is 388 g/mol. The second-order valence-electron chi connectivity index (χ2n) is 7.18. The summed E-state index contributed by atoms with van der Waals surface area (Å²) in [7, 11) is 0. The molecule has 3 aromatic rings. The van der Waals surface area contributed by atoms with Gasteiger partial charge in [-0.15, -0.1) is 0 Å². The Balaban J connectivity index is 1.77. The van der Waals surface area contributed by atoms with Crippen molar-refractivity contribution in [3.05, 3.63) is 28.7 Å². The molecule has 7 nitrogen and oxygen atoms in total. The molecule has 0 saturated heterocycles. The Morgan fingerprint density at radius 3 is 2.81 bits per heavy atom. The van der Waals surface area contributed by atoms with Crippen LogP contribution in [0.1, 0.15) is 30.7 Å². The quantitative estimate of drug-likeness (QED) is 0.585. The van der Waals surface area contributed by atoms with E-state index in [0.717, 1.165) is 41.6 Å². The molecule has 1 fully saturated rings. The number of aliphatic hydroxyl groups excluding tert-OH is 1. The van der Waals surface area contributed by atoms with Crippen LogP contribution in [0.4, 0.5) is 11.8 Å². The first-order chi connectivity index (χ1) is 12.9. The highest BCUT2D eigenvalue weighted by molar-refractivity contribution is 6.32. The van der Waals surface area contributed by atoms with E-state index in [4.69, 9.17) is 21.8 Å². The van der Waals surface area contributed by atoms with E-state index in [9.17, 15) is 5.11 Å². The molecule has 0 radical (unpaired) electrons. The highest BCUT2D eigenvalue weighted by Gasteiger charge is 2.27. The standard InChI is InChI=1S/C19H22ClN5O2/c1-9-5-12-7-14(27-16(12)10(2)22-9)15-17(20)24-19(21)25-18(15)23-13-4-3-11(6-13)8-26/h5,7,11,13,26H,3-4,6,8H2,1-2H3,(H3,21,23,24,25)/t11-,13+/m1/s1. The number of nitrogens with zero attached hydrogens (tertiary/aromatic N) is 3. The molecular weight excluding hydrogens is 366 g/mol. The minimum Gasteiger partial charge on any atom is -0.454 e. The van der Waals surface area contributed by atoms with Crippen molar-refractivity contribution in [1.82, 2.24) is 15.0 Å². The molecule has 0 unspecified atom stereocenters. The van der Waals surface area contributed by atoms with Crippen LogP contribution >= 0.6 is 11.6 Å². The smallest absolute Gasteiger partial charge is 0.223 e. The number of hydrogen-bond donors (Lipinski definition) is 3. The predicted molar refractivity (Wildman–Crippen MR) is 106 cm³/mol. The van der Waals surface area contributed by atoms with E-state index in [2.05, 4.69) is 20.3 Å². The SMILES string of the molecule is Cc1cc2cc(-c3c(Cl)nc(N)nc3N[C@H]3CC[C@@H](CO)C3)oc2c(C)n1. The molecule has 4 N–H and O–H groups in total. The summed E-state index contributed by atoms with van der Waals surface area (Å²) >= 11 is 6.42. The van der Waals surface area contributed by atoms with E-state index < -0.39 is 0 Å². The van der Waals surface area contributed by atoms with Crippen molar-refractivity contribution in [2.75, 3.05) is 17.7 Å². The number of nitrogens with one attached hydrogen (secondary N) is 1. The van der Waals surface area contributed by atoms with Gasteiger partial charge in [0, 0.05) is 23.7 Å². The Bertz CT molecular complexity index is 1000. The molecule has 27 heavy (non-hydrogen) atoms. The van der Waals surface area contributed by atoms with E-state index in [1.165, 1.54) is 0 Å². The van der Waals surface area contributed by atoms with E-state index in [1.54, 1.807) is 0 Å². The molecule has 0 aliphatic heterocycles. The minimum atomic E-state index is 0.104. The highest BCUT2D eigenvalue weighted by atomic mass is 35.5. The Hall–Kier alpha value is -2.38. The average Bonchev–Trinajstić information content (AvgIpc) is 3.21. The summed E-state index contributed by atoms with van der Waals surface area (Å²) in [5, 5.41) is 14.0. The summed E-state index contributed by atoms with van der Waals surface area (Å²) < 4.78 is 6.06. The van der Waals surface area contributed by atoms with Gasteiger partial charge in [0.2, 0.25) is 5.95 Å². The molecule has 2 atom stereocenters. The summed E-state index contributed by atoms with van der Waals surface area (Å²) in [5.41, 5.74) is 8.88. The molecule has 1 aliphatic carbocycles. The van der Waals surface area contributed by atoms with Gasteiger partial charge < -0.3 is 20.6 Å². The van der Waals surface area contributed by atoms with E-state index >= 15 is 0 Å². The van der Waals surface area contributed by atoms with Gasteiger partial charge in [0.25, 0.3) is 0 Å². The summed E-state index contributed by atoms with van der Waals surface area (Å²) in [6.07, 6.45) is 2.81. The number of furan rings is 1. The second-order valence-corrected chi connectivity index (χ2v) is 7.54. The number of nitrogens with two attached hydrogens (primary N) is 1. The third-order valence-electron chi connectivity index (χ3n) is 5.07. The molecule has 0 bridgehead atoms. The fourth-order valence-corrected chi connectivity index (χ4v) is 4.10. The number of fused-ring (bicyclic) bond motifs is 1. The number of aromatic nitrogens is 3. The molecular formula is C19H22ClN5O2. The monoisotopic (exact) mass is 387 g/mol. The third kappa shape index (κ3) is 3.44. The maximum absolute atomic E-state index is 9.38. The van der Waals surface area contributed by atoms with Crippen LogP contribution in [0.25, 0.3) is 22.3 Å². The first-order valence-electron chi connectivity index (χ1n) is 9.03. The van der Waals surface area contributed by atoms with Crippen molar-refractivity contribution in [3.8, 4) is 11.3 Å². The number of aliphatic hydroxyl groups is 1. The van der Waals surface area contributed by atoms with Crippen LogP contribution in [-0.4, -0.2) is 32.7 Å². The Kier molecular flexibility index (Phi) is 4.65. The van der Waals surface area contributed by atoms with Crippen molar-refractivity contribution in [2.45, 2.75) is 39.2 Å². The number of hydrogen-bond acceptors (Lipinski definition) is 7. The number of pyridine rings is 1. The van der Waals surface area contributed by atoms with Gasteiger partial charge in [-0.1, -0.05) is 11.6 Å². The zero-order valence-corrected chi connectivity index (χ0v) is 16.0. The Morgan fingerprint density at radius 2 is 2.07 bits per heavy atom. The summed E-state index contributed by atoms with van der Waals surface area (Å²) in [6.45, 7) is 4.06. The molecule has 3 heterocycles. The normalized spacial score (nSPS) is 19.7.